The molecule has 0 spiro atoms. The van der Waals surface area contributed by atoms with Gasteiger partial charge in [0, 0.05) is 48.5 Å². The number of benzene rings is 2. The Morgan fingerprint density at radius 1 is 0.956 bits per heavy atom. The molecule has 1 aromatic heterocycles. The minimum Gasteiger partial charge on any atom is -0.493 e. The van der Waals surface area contributed by atoms with Crippen molar-refractivity contribution >= 4 is 56.7 Å². The second-order valence-corrected chi connectivity index (χ2v) is 11.5. The first-order valence-corrected chi connectivity index (χ1v) is 15.4. The number of ketones is 1. The number of carboxylic acids is 1. The predicted octanol–water partition coefficient (Wildman–Crippen LogP) is 5.79. The number of carbonyl (C=O) groups excluding carboxylic acids is 3. The van der Waals surface area contributed by atoms with Crippen molar-refractivity contribution in [1.29, 1.82) is 0 Å². The number of carboxylic acid groups (broad SMARTS) is 1. The fourth-order valence-corrected chi connectivity index (χ4v) is 6.18. The fourth-order valence-electron chi connectivity index (χ4n) is 4.80. The second kappa shape index (κ2) is 15.3. The number of methoxy groups -OCH3 is 2. The second-order valence-electron chi connectivity index (χ2n) is 10.0. The summed E-state index contributed by atoms with van der Waals surface area (Å²) < 4.78 is 43.3. The number of thiophene rings is 1. The molecule has 45 heavy (non-hydrogen) atoms. The van der Waals surface area contributed by atoms with Gasteiger partial charge >= 0.3 is 11.9 Å². The van der Waals surface area contributed by atoms with E-state index in [0.717, 1.165) is 22.5 Å². The van der Waals surface area contributed by atoms with E-state index in [4.69, 9.17) is 40.4 Å². The minimum absolute atomic E-state index is 0.000786. The predicted molar refractivity (Wildman–Crippen MR) is 163 cm³/mol. The van der Waals surface area contributed by atoms with Crippen LogP contribution in [0.15, 0.2) is 18.2 Å². The van der Waals surface area contributed by atoms with Gasteiger partial charge in [-0.15, -0.1) is 11.3 Å². The highest BCUT2D eigenvalue weighted by Gasteiger charge is 2.29. The van der Waals surface area contributed by atoms with Crippen LogP contribution in [0, 0.1) is 5.82 Å². The number of hydrogen-bond acceptors (Lipinski definition) is 10. The third kappa shape index (κ3) is 7.95. The average Bonchev–Trinajstić information content (AvgIpc) is 3.65. The lowest BCUT2D eigenvalue weighted by Crippen LogP contribution is -2.25. The van der Waals surface area contributed by atoms with E-state index >= 15 is 4.39 Å². The molecular weight excluding hydrogens is 633 g/mol. The number of amides is 1. The minimum atomic E-state index is -1.09. The number of carbonyl (C=O) groups is 4. The topological polar surface area (TPSA) is 138 Å². The maximum atomic E-state index is 15.5. The monoisotopic (exact) mass is 665 g/mol. The van der Waals surface area contributed by atoms with E-state index < -0.39 is 17.8 Å². The molecule has 0 saturated carbocycles. The van der Waals surface area contributed by atoms with Gasteiger partial charge in [0.25, 0.3) is 0 Å². The molecule has 4 rings (SSSR count). The van der Waals surface area contributed by atoms with Gasteiger partial charge in [-0.1, -0.05) is 11.6 Å². The molecular formula is C31H33ClFNO10S. The molecule has 0 atom stereocenters. The quantitative estimate of drug-likeness (QED) is 0.114. The molecule has 0 bridgehead atoms. The van der Waals surface area contributed by atoms with E-state index in [-0.39, 0.29) is 85.5 Å². The first-order chi connectivity index (χ1) is 21.6. The third-order valence-electron chi connectivity index (χ3n) is 7.04. The highest BCUT2D eigenvalue weighted by atomic mass is 35.5. The van der Waals surface area contributed by atoms with Crippen LogP contribution in [0.1, 0.15) is 59.8 Å². The van der Waals surface area contributed by atoms with E-state index in [0.29, 0.717) is 34.2 Å². The average molecular weight is 666 g/mol. The molecule has 0 aliphatic carbocycles. The Balaban J connectivity index is 1.37. The lowest BCUT2D eigenvalue weighted by atomic mass is 10.1. The van der Waals surface area contributed by atoms with Crippen LogP contribution in [0.2, 0.25) is 5.02 Å². The summed E-state index contributed by atoms with van der Waals surface area (Å²) in [5.41, 5.74) is 1.54. The van der Waals surface area contributed by atoms with Crippen molar-refractivity contribution in [2.45, 2.75) is 52.1 Å². The van der Waals surface area contributed by atoms with E-state index in [1.54, 1.807) is 24.0 Å². The molecule has 0 radical (unpaired) electrons. The van der Waals surface area contributed by atoms with Crippen molar-refractivity contribution in [2.75, 3.05) is 34.0 Å². The summed E-state index contributed by atoms with van der Waals surface area (Å²) in [6, 6.07) is 4.73. The van der Waals surface area contributed by atoms with Gasteiger partial charge in [-0.05, 0) is 30.2 Å². The normalized spacial score (nSPS) is 12.2. The Labute approximate surface area is 267 Å². The molecule has 3 aromatic rings. The standard InChI is InChI=1S/C31H33ClFNO10S/c1-4-42-27(39)9-7-25(36)34-15-17-12-21(40-2)30(28(32)19(17)16-34)43-10-5-11-44-31-22(41-3)14-23-18(29(31)33)13-24(45-23)20(35)6-8-26(37)38/h12-14H,4-11,15-16H2,1-3H3,(H,37,38). The molecule has 2 aromatic carbocycles. The largest absolute Gasteiger partial charge is 0.493 e. The van der Waals surface area contributed by atoms with Crippen LogP contribution >= 0.6 is 22.9 Å². The summed E-state index contributed by atoms with van der Waals surface area (Å²) >= 11 is 7.75. The lowest BCUT2D eigenvalue weighted by Gasteiger charge is -2.16. The summed E-state index contributed by atoms with van der Waals surface area (Å²) in [4.78, 5) is 49.4. The van der Waals surface area contributed by atoms with Crippen molar-refractivity contribution < 1.29 is 52.4 Å². The van der Waals surface area contributed by atoms with Gasteiger partial charge in [-0.3, -0.25) is 19.2 Å². The molecule has 0 saturated heterocycles. The van der Waals surface area contributed by atoms with Gasteiger partial charge in [0.1, 0.15) is 0 Å². The highest BCUT2D eigenvalue weighted by molar-refractivity contribution is 7.20. The molecule has 1 amide bonds. The molecule has 14 heteroatoms. The number of Topliss-reactive ketones (excluding diaryl/α,β-unsaturated/α-hetero) is 1. The van der Waals surface area contributed by atoms with Crippen LogP contribution in [0.25, 0.3) is 10.1 Å². The molecule has 242 valence electrons. The number of ether oxygens (including phenoxy) is 5. The van der Waals surface area contributed by atoms with Gasteiger partial charge in [0.2, 0.25) is 5.91 Å². The van der Waals surface area contributed by atoms with Gasteiger partial charge in [-0.25, -0.2) is 4.39 Å². The zero-order chi connectivity index (χ0) is 32.7. The maximum absolute atomic E-state index is 15.5. The first kappa shape index (κ1) is 33.8. The third-order valence-corrected chi connectivity index (χ3v) is 8.56. The summed E-state index contributed by atoms with van der Waals surface area (Å²) in [5, 5.41) is 9.33. The van der Waals surface area contributed by atoms with Crippen molar-refractivity contribution in [1.82, 2.24) is 4.90 Å². The Hall–Kier alpha value is -4.10. The van der Waals surface area contributed by atoms with Crippen LogP contribution in [0.3, 0.4) is 0 Å². The SMILES string of the molecule is CCOC(=O)CCC(=O)N1Cc2cc(OC)c(OCCCOc3c(OC)cc4sc(C(=O)CCC(=O)O)cc4c3F)c(Cl)c2C1. The molecule has 11 nitrogen and oxygen atoms in total. The van der Waals surface area contributed by atoms with Crippen molar-refractivity contribution in [3.05, 3.63) is 45.0 Å². The molecule has 1 N–H and O–H groups in total. The van der Waals surface area contributed by atoms with E-state index in [2.05, 4.69) is 0 Å². The fraction of sp³-hybridized carbons (Fsp3) is 0.419. The maximum Gasteiger partial charge on any atom is 0.306 e. The van der Waals surface area contributed by atoms with Gasteiger partial charge in [0.05, 0.1) is 56.8 Å². The molecule has 1 aliphatic heterocycles. The molecule has 2 heterocycles. The highest BCUT2D eigenvalue weighted by Crippen LogP contribution is 2.44. The van der Waals surface area contributed by atoms with Crippen LogP contribution in [0.5, 0.6) is 23.0 Å². The van der Waals surface area contributed by atoms with Crippen LogP contribution in [0.4, 0.5) is 4.39 Å². The number of esters is 1. The number of nitrogens with zero attached hydrogens (tertiary/aromatic N) is 1. The summed E-state index contributed by atoms with van der Waals surface area (Å²) in [6.07, 6.45) is -0.134. The Morgan fingerprint density at radius 2 is 1.64 bits per heavy atom. The molecule has 1 aliphatic rings. The number of aliphatic carboxylic acids is 1. The van der Waals surface area contributed by atoms with Crippen LogP contribution in [-0.2, 0) is 32.2 Å². The summed E-state index contributed by atoms with van der Waals surface area (Å²) in [5.74, 6) is -2.05. The van der Waals surface area contributed by atoms with Gasteiger partial charge in [0.15, 0.2) is 34.6 Å². The van der Waals surface area contributed by atoms with E-state index in [9.17, 15) is 19.2 Å². The lowest BCUT2D eigenvalue weighted by molar-refractivity contribution is -0.145. The smallest absolute Gasteiger partial charge is 0.306 e. The van der Waals surface area contributed by atoms with E-state index in [1.165, 1.54) is 20.3 Å². The van der Waals surface area contributed by atoms with Crippen molar-refractivity contribution in [3.63, 3.8) is 0 Å². The number of halogens is 2. The summed E-state index contributed by atoms with van der Waals surface area (Å²) in [7, 11) is 2.85. The number of fused-ring (bicyclic) bond motifs is 2. The number of hydrogen-bond donors (Lipinski definition) is 1. The first-order valence-electron chi connectivity index (χ1n) is 14.2. The zero-order valence-corrected chi connectivity index (χ0v) is 26.6. The number of rotatable bonds is 16. The Kier molecular flexibility index (Phi) is 11.5. The molecule has 0 unspecified atom stereocenters. The summed E-state index contributed by atoms with van der Waals surface area (Å²) in [6.45, 7) is 2.74. The Bertz CT molecular complexity index is 1610. The van der Waals surface area contributed by atoms with Gasteiger partial charge < -0.3 is 33.7 Å². The van der Waals surface area contributed by atoms with Gasteiger partial charge in [-0.2, -0.15) is 0 Å². The Morgan fingerprint density at radius 3 is 2.31 bits per heavy atom. The van der Waals surface area contributed by atoms with Crippen molar-refractivity contribution in [3.8, 4) is 23.0 Å². The zero-order valence-electron chi connectivity index (χ0n) is 25.0. The van der Waals surface area contributed by atoms with Crippen LogP contribution in [-0.4, -0.2) is 67.7 Å². The van der Waals surface area contributed by atoms with Crippen LogP contribution < -0.4 is 18.9 Å². The van der Waals surface area contributed by atoms with E-state index in [1.807, 2.05) is 0 Å². The molecule has 0 fully saturated rings. The van der Waals surface area contributed by atoms with Crippen molar-refractivity contribution in [2.24, 2.45) is 0 Å².